The molecule has 1 aliphatic heterocycles. The molecule has 6 heteroatoms. The van der Waals surface area contributed by atoms with Crippen molar-refractivity contribution in [2.24, 2.45) is 5.73 Å². The van der Waals surface area contributed by atoms with Gasteiger partial charge in [-0.05, 0) is 6.92 Å². The molecule has 2 amide bonds. The summed E-state index contributed by atoms with van der Waals surface area (Å²) in [6.07, 6.45) is 0. The number of hydrogen-bond donors (Lipinski definition) is 2. The molecule has 0 aromatic carbocycles. The van der Waals surface area contributed by atoms with Crippen molar-refractivity contribution in [3.8, 4) is 0 Å². The highest BCUT2D eigenvalue weighted by molar-refractivity contribution is 8.21. The molecule has 1 unspecified atom stereocenters. The van der Waals surface area contributed by atoms with Gasteiger partial charge in [-0.1, -0.05) is 0 Å². The Morgan fingerprint density at radius 2 is 2.00 bits per heavy atom. The Balaban J connectivity index is 2.35. The Morgan fingerprint density at radius 1 is 1.46 bits per heavy atom. The van der Waals surface area contributed by atoms with E-state index < -0.39 is 11.9 Å². The van der Waals surface area contributed by atoms with E-state index >= 15 is 0 Å². The van der Waals surface area contributed by atoms with Crippen molar-refractivity contribution in [1.82, 2.24) is 5.32 Å². The third-order valence-electron chi connectivity index (χ3n) is 1.62. The fourth-order valence-corrected chi connectivity index (χ4v) is 3.46. The van der Waals surface area contributed by atoms with Crippen LogP contribution >= 0.6 is 23.5 Å². The number of primary amides is 1. The van der Waals surface area contributed by atoms with Crippen LogP contribution in [0.1, 0.15) is 6.92 Å². The average molecular weight is 220 g/mol. The molecule has 1 atom stereocenters. The molecule has 0 spiro atoms. The number of carbonyl (C=O) groups is 2. The summed E-state index contributed by atoms with van der Waals surface area (Å²) in [7, 11) is 0. The van der Waals surface area contributed by atoms with Gasteiger partial charge in [0.15, 0.2) is 0 Å². The number of carbonyl (C=O) groups excluding carboxylic acids is 2. The van der Waals surface area contributed by atoms with Gasteiger partial charge in [0.2, 0.25) is 11.8 Å². The molecule has 0 bridgehead atoms. The van der Waals surface area contributed by atoms with Gasteiger partial charge in [-0.15, -0.1) is 23.5 Å². The third kappa shape index (κ3) is 3.11. The normalized spacial score (nSPS) is 19.8. The zero-order valence-electron chi connectivity index (χ0n) is 7.28. The second-order valence-electron chi connectivity index (χ2n) is 2.71. The molecular formula is C7H12N2O2S2. The summed E-state index contributed by atoms with van der Waals surface area (Å²) in [5.41, 5.74) is 5.02. The monoisotopic (exact) mass is 220 g/mol. The summed E-state index contributed by atoms with van der Waals surface area (Å²) >= 11 is 3.21. The fraction of sp³-hybridized carbons (Fsp3) is 0.714. The van der Waals surface area contributed by atoms with Gasteiger partial charge in [0.05, 0.1) is 0 Å². The molecule has 0 saturated carbocycles. The predicted octanol–water partition coefficient (Wildman–Crippen LogP) is -0.217. The van der Waals surface area contributed by atoms with E-state index in [0.717, 1.165) is 11.5 Å². The highest BCUT2D eigenvalue weighted by Gasteiger charge is 2.25. The first kappa shape index (κ1) is 10.7. The Morgan fingerprint density at radius 3 is 2.46 bits per heavy atom. The molecule has 1 saturated heterocycles. The van der Waals surface area contributed by atoms with Crippen molar-refractivity contribution in [2.75, 3.05) is 11.5 Å². The summed E-state index contributed by atoms with van der Waals surface area (Å²) in [4.78, 5) is 22.0. The van der Waals surface area contributed by atoms with Gasteiger partial charge in [0, 0.05) is 11.5 Å². The van der Waals surface area contributed by atoms with Crippen molar-refractivity contribution in [1.29, 1.82) is 0 Å². The number of rotatable bonds is 3. The van der Waals surface area contributed by atoms with Gasteiger partial charge in [-0.2, -0.15) is 0 Å². The minimum absolute atomic E-state index is 0.0678. The largest absolute Gasteiger partial charge is 0.368 e. The Kier molecular flexibility index (Phi) is 3.92. The molecule has 1 aliphatic rings. The zero-order valence-corrected chi connectivity index (χ0v) is 8.91. The van der Waals surface area contributed by atoms with Crippen LogP contribution in [0.4, 0.5) is 0 Å². The van der Waals surface area contributed by atoms with Crippen LogP contribution in [-0.2, 0) is 9.59 Å². The van der Waals surface area contributed by atoms with E-state index in [1.165, 1.54) is 0 Å². The lowest BCUT2D eigenvalue weighted by molar-refractivity contribution is -0.125. The molecule has 3 N–H and O–H groups in total. The average Bonchev–Trinajstić information content (AvgIpc) is 2.55. The number of nitrogens with two attached hydrogens (primary N) is 1. The van der Waals surface area contributed by atoms with Crippen molar-refractivity contribution in [3.63, 3.8) is 0 Å². The highest BCUT2D eigenvalue weighted by atomic mass is 32.2. The molecule has 0 radical (unpaired) electrons. The Hall–Kier alpha value is -0.360. The van der Waals surface area contributed by atoms with E-state index in [4.69, 9.17) is 5.73 Å². The van der Waals surface area contributed by atoms with Crippen LogP contribution in [-0.4, -0.2) is 33.9 Å². The molecule has 4 nitrogen and oxygen atoms in total. The minimum Gasteiger partial charge on any atom is -0.368 e. The number of amides is 2. The van der Waals surface area contributed by atoms with E-state index in [0.29, 0.717) is 0 Å². The zero-order chi connectivity index (χ0) is 9.84. The van der Waals surface area contributed by atoms with Gasteiger partial charge < -0.3 is 11.1 Å². The van der Waals surface area contributed by atoms with E-state index in [1.807, 2.05) is 0 Å². The van der Waals surface area contributed by atoms with Gasteiger partial charge in [-0.25, -0.2) is 0 Å². The first-order valence-electron chi connectivity index (χ1n) is 3.94. The minimum atomic E-state index is -0.575. The van der Waals surface area contributed by atoms with Crippen molar-refractivity contribution in [3.05, 3.63) is 0 Å². The second-order valence-corrected chi connectivity index (χ2v) is 5.43. The SMILES string of the molecule is CC(NC(=O)C1SCCS1)C(N)=O. The summed E-state index contributed by atoms with van der Waals surface area (Å²) in [6.45, 7) is 1.59. The standard InChI is InChI=1S/C7H12N2O2S2/c1-4(5(8)10)9-6(11)7-12-2-3-13-7/h4,7H,2-3H2,1H3,(H2,8,10)(H,9,11). The van der Waals surface area contributed by atoms with Crippen molar-refractivity contribution < 1.29 is 9.59 Å². The first-order chi connectivity index (χ1) is 6.11. The second kappa shape index (κ2) is 4.76. The number of hydrogen-bond acceptors (Lipinski definition) is 4. The first-order valence-corrected chi connectivity index (χ1v) is 6.04. The van der Waals surface area contributed by atoms with Gasteiger partial charge >= 0.3 is 0 Å². The molecule has 13 heavy (non-hydrogen) atoms. The molecule has 0 aromatic rings. The van der Waals surface area contributed by atoms with Crippen LogP contribution in [0.2, 0.25) is 0 Å². The van der Waals surface area contributed by atoms with Crippen LogP contribution in [0.25, 0.3) is 0 Å². The maximum atomic E-state index is 11.4. The van der Waals surface area contributed by atoms with E-state index in [2.05, 4.69) is 5.32 Å². The summed E-state index contributed by atoms with van der Waals surface area (Å²) < 4.78 is -0.0678. The molecule has 0 aliphatic carbocycles. The predicted molar refractivity (Wildman–Crippen MR) is 55.5 cm³/mol. The van der Waals surface area contributed by atoms with Crippen molar-refractivity contribution in [2.45, 2.75) is 17.5 Å². The Bertz CT molecular complexity index is 217. The summed E-state index contributed by atoms with van der Waals surface area (Å²) in [6, 6.07) is -0.575. The molecule has 1 rings (SSSR count). The quantitative estimate of drug-likeness (QED) is 0.690. The molecule has 1 heterocycles. The lowest BCUT2D eigenvalue weighted by atomic mass is 10.3. The maximum Gasteiger partial charge on any atom is 0.243 e. The van der Waals surface area contributed by atoms with Crippen LogP contribution in [0, 0.1) is 0 Å². The van der Waals surface area contributed by atoms with E-state index in [-0.39, 0.29) is 10.5 Å². The van der Waals surface area contributed by atoms with Gasteiger partial charge in [0.1, 0.15) is 10.6 Å². The van der Waals surface area contributed by atoms with Gasteiger partial charge in [-0.3, -0.25) is 9.59 Å². The van der Waals surface area contributed by atoms with Crippen molar-refractivity contribution >= 4 is 35.3 Å². The number of nitrogens with one attached hydrogen (secondary N) is 1. The van der Waals surface area contributed by atoms with E-state index in [1.54, 1.807) is 30.4 Å². The maximum absolute atomic E-state index is 11.4. The summed E-state index contributed by atoms with van der Waals surface area (Å²) in [5, 5.41) is 2.57. The smallest absolute Gasteiger partial charge is 0.243 e. The molecule has 74 valence electrons. The van der Waals surface area contributed by atoms with Crippen LogP contribution in [0.15, 0.2) is 0 Å². The molecule has 1 fully saturated rings. The lowest BCUT2D eigenvalue weighted by Crippen LogP contribution is -2.44. The van der Waals surface area contributed by atoms with Crippen LogP contribution < -0.4 is 11.1 Å². The summed E-state index contributed by atoms with van der Waals surface area (Å²) in [5.74, 6) is 1.39. The van der Waals surface area contributed by atoms with Gasteiger partial charge in [0.25, 0.3) is 0 Å². The highest BCUT2D eigenvalue weighted by Crippen LogP contribution is 2.31. The number of thioether (sulfide) groups is 2. The fourth-order valence-electron chi connectivity index (χ4n) is 0.862. The Labute approximate surface area is 85.4 Å². The topological polar surface area (TPSA) is 72.2 Å². The van der Waals surface area contributed by atoms with Crippen LogP contribution in [0.3, 0.4) is 0 Å². The molecule has 0 aromatic heterocycles. The third-order valence-corrected chi connectivity index (χ3v) is 4.61. The lowest BCUT2D eigenvalue weighted by Gasteiger charge is -2.12. The van der Waals surface area contributed by atoms with E-state index in [9.17, 15) is 9.59 Å². The van der Waals surface area contributed by atoms with Crippen LogP contribution in [0.5, 0.6) is 0 Å². The molecular weight excluding hydrogens is 208 g/mol.